The summed E-state index contributed by atoms with van der Waals surface area (Å²) in [5.74, 6) is -1.45. The molecule has 3 rings (SSSR count). The summed E-state index contributed by atoms with van der Waals surface area (Å²) in [4.78, 5) is 37.2. The van der Waals surface area contributed by atoms with Gasteiger partial charge in [0, 0.05) is 30.6 Å². The van der Waals surface area contributed by atoms with Gasteiger partial charge in [-0.3, -0.25) is 9.59 Å². The van der Waals surface area contributed by atoms with E-state index in [-0.39, 0.29) is 28.9 Å². The number of rotatable bonds is 4. The zero-order valence-electron chi connectivity index (χ0n) is 13.0. The molecule has 1 aliphatic heterocycles. The number of amides is 1. The minimum atomic E-state index is -1.13. The van der Waals surface area contributed by atoms with Crippen LogP contribution in [-0.4, -0.2) is 40.8 Å². The summed E-state index contributed by atoms with van der Waals surface area (Å²) < 4.78 is 5.05. The Bertz CT molecular complexity index is 757. The third-order valence-electron chi connectivity index (χ3n) is 4.27. The van der Waals surface area contributed by atoms with Crippen LogP contribution in [0.15, 0.2) is 47.1 Å². The molecule has 0 radical (unpaired) electrons. The van der Waals surface area contributed by atoms with Gasteiger partial charge in [0.05, 0.1) is 5.56 Å². The number of benzene rings is 1. The second-order valence-corrected chi connectivity index (χ2v) is 5.80. The maximum atomic E-state index is 12.4. The molecule has 6 nitrogen and oxygen atoms in total. The Kier molecular flexibility index (Phi) is 4.46. The van der Waals surface area contributed by atoms with Crippen LogP contribution in [0, 0.1) is 5.92 Å². The second-order valence-electron chi connectivity index (χ2n) is 5.80. The molecule has 1 N–H and O–H groups in total. The Hall–Kier alpha value is -2.89. The molecular weight excluding hydrogens is 310 g/mol. The second kappa shape index (κ2) is 6.70. The van der Waals surface area contributed by atoms with E-state index in [4.69, 9.17) is 9.52 Å². The molecule has 2 heterocycles. The lowest BCUT2D eigenvalue weighted by molar-refractivity contribution is 0.0624. The van der Waals surface area contributed by atoms with Crippen molar-refractivity contribution in [3.63, 3.8) is 0 Å². The Morgan fingerprint density at radius 2 is 1.71 bits per heavy atom. The topological polar surface area (TPSA) is 87.8 Å². The SMILES string of the molecule is O=C(O)c1coc(C(=O)N2CCC(C(=O)c3ccccc3)CC2)c1. The summed E-state index contributed by atoms with van der Waals surface area (Å²) in [6.45, 7) is 0.899. The summed E-state index contributed by atoms with van der Waals surface area (Å²) >= 11 is 0. The minimum Gasteiger partial charge on any atom is -0.478 e. The van der Waals surface area contributed by atoms with Crippen molar-refractivity contribution in [3.8, 4) is 0 Å². The minimum absolute atomic E-state index is 0.0141. The average Bonchev–Trinajstić information content (AvgIpc) is 3.12. The number of hydrogen-bond acceptors (Lipinski definition) is 4. The number of furan rings is 1. The van der Waals surface area contributed by atoms with E-state index in [1.165, 1.54) is 6.07 Å². The Morgan fingerprint density at radius 3 is 2.29 bits per heavy atom. The lowest BCUT2D eigenvalue weighted by Gasteiger charge is -2.30. The van der Waals surface area contributed by atoms with Crippen LogP contribution in [0.1, 0.15) is 44.1 Å². The van der Waals surface area contributed by atoms with Gasteiger partial charge in [-0.15, -0.1) is 0 Å². The maximum Gasteiger partial charge on any atom is 0.338 e. The van der Waals surface area contributed by atoms with Crippen LogP contribution in [0.3, 0.4) is 0 Å². The number of aromatic carboxylic acids is 1. The largest absolute Gasteiger partial charge is 0.478 e. The summed E-state index contributed by atoms with van der Waals surface area (Å²) in [5.41, 5.74) is 0.645. The van der Waals surface area contributed by atoms with Crippen molar-refractivity contribution >= 4 is 17.7 Å². The number of carbonyl (C=O) groups excluding carboxylic acids is 2. The molecule has 0 bridgehead atoms. The first kappa shape index (κ1) is 16.0. The van der Waals surface area contributed by atoms with E-state index in [1.54, 1.807) is 17.0 Å². The number of hydrogen-bond donors (Lipinski definition) is 1. The smallest absolute Gasteiger partial charge is 0.338 e. The zero-order chi connectivity index (χ0) is 17.1. The van der Waals surface area contributed by atoms with Crippen molar-refractivity contribution in [3.05, 3.63) is 59.5 Å². The Morgan fingerprint density at radius 1 is 1.04 bits per heavy atom. The third kappa shape index (κ3) is 3.22. The lowest BCUT2D eigenvalue weighted by Crippen LogP contribution is -2.40. The highest BCUT2D eigenvalue weighted by Crippen LogP contribution is 2.23. The molecule has 1 aromatic carbocycles. The molecule has 0 unspecified atom stereocenters. The van der Waals surface area contributed by atoms with Gasteiger partial charge in [0.15, 0.2) is 11.5 Å². The number of piperidine rings is 1. The molecule has 1 aromatic heterocycles. The van der Waals surface area contributed by atoms with E-state index >= 15 is 0 Å². The standard InChI is InChI=1S/C18H17NO5/c20-16(12-4-2-1-3-5-12)13-6-8-19(9-7-13)17(21)15-10-14(11-24-15)18(22)23/h1-5,10-11,13H,6-9H2,(H,22,23). The van der Waals surface area contributed by atoms with Crippen LogP contribution in [0.25, 0.3) is 0 Å². The van der Waals surface area contributed by atoms with Crippen LogP contribution in [0.5, 0.6) is 0 Å². The first-order chi connectivity index (χ1) is 11.6. The highest BCUT2D eigenvalue weighted by molar-refractivity contribution is 5.98. The van der Waals surface area contributed by atoms with Crippen molar-refractivity contribution in [2.45, 2.75) is 12.8 Å². The van der Waals surface area contributed by atoms with Gasteiger partial charge in [-0.05, 0) is 12.8 Å². The van der Waals surface area contributed by atoms with Crippen LogP contribution in [0.4, 0.5) is 0 Å². The number of likely N-dealkylation sites (tertiary alicyclic amines) is 1. The highest BCUT2D eigenvalue weighted by Gasteiger charge is 2.29. The number of carboxylic acid groups (broad SMARTS) is 1. The van der Waals surface area contributed by atoms with Crippen LogP contribution in [0.2, 0.25) is 0 Å². The molecule has 1 fully saturated rings. The normalized spacial score (nSPS) is 15.2. The zero-order valence-corrected chi connectivity index (χ0v) is 13.0. The highest BCUT2D eigenvalue weighted by atomic mass is 16.4. The van der Waals surface area contributed by atoms with Crippen molar-refractivity contribution in [2.75, 3.05) is 13.1 Å². The Balaban J connectivity index is 1.61. The van der Waals surface area contributed by atoms with Crippen LogP contribution < -0.4 is 0 Å². The monoisotopic (exact) mass is 327 g/mol. The van der Waals surface area contributed by atoms with Gasteiger partial charge < -0.3 is 14.4 Å². The molecule has 0 atom stereocenters. The fraction of sp³-hybridized carbons (Fsp3) is 0.278. The van der Waals surface area contributed by atoms with E-state index < -0.39 is 5.97 Å². The molecule has 124 valence electrons. The summed E-state index contributed by atoms with van der Waals surface area (Å²) in [6, 6.07) is 10.4. The fourth-order valence-electron chi connectivity index (χ4n) is 2.90. The first-order valence-corrected chi connectivity index (χ1v) is 7.76. The predicted molar refractivity (Wildman–Crippen MR) is 85.1 cm³/mol. The van der Waals surface area contributed by atoms with E-state index in [1.807, 2.05) is 18.2 Å². The number of ketones is 1. The van der Waals surface area contributed by atoms with E-state index in [9.17, 15) is 14.4 Å². The number of carbonyl (C=O) groups is 3. The summed E-state index contributed by atoms with van der Waals surface area (Å²) in [5, 5.41) is 8.87. The fourth-order valence-corrected chi connectivity index (χ4v) is 2.90. The van der Waals surface area contributed by atoms with Crippen molar-refractivity contribution < 1.29 is 23.9 Å². The van der Waals surface area contributed by atoms with E-state index in [2.05, 4.69) is 0 Å². The number of nitrogens with zero attached hydrogens (tertiary/aromatic N) is 1. The van der Waals surface area contributed by atoms with Gasteiger partial charge in [-0.1, -0.05) is 30.3 Å². The molecule has 0 aliphatic carbocycles. The van der Waals surface area contributed by atoms with Crippen molar-refractivity contribution in [1.29, 1.82) is 0 Å². The van der Waals surface area contributed by atoms with Crippen molar-refractivity contribution in [1.82, 2.24) is 4.90 Å². The molecule has 6 heteroatoms. The molecule has 0 spiro atoms. The molecular formula is C18H17NO5. The molecule has 24 heavy (non-hydrogen) atoms. The Labute approximate surface area is 138 Å². The molecule has 0 saturated carbocycles. The molecule has 1 aliphatic rings. The van der Waals surface area contributed by atoms with Gasteiger partial charge in [0.1, 0.15) is 6.26 Å². The predicted octanol–water partition coefficient (Wildman–Crippen LogP) is 2.71. The number of Topliss-reactive ketones (excluding diaryl/α,β-unsaturated/α-hetero) is 1. The first-order valence-electron chi connectivity index (χ1n) is 7.76. The van der Waals surface area contributed by atoms with Gasteiger partial charge in [0.25, 0.3) is 5.91 Å². The lowest BCUT2D eigenvalue weighted by atomic mass is 9.89. The quantitative estimate of drug-likeness (QED) is 0.872. The summed E-state index contributed by atoms with van der Waals surface area (Å²) in [6.07, 6.45) is 2.24. The third-order valence-corrected chi connectivity index (χ3v) is 4.27. The van der Waals surface area contributed by atoms with E-state index in [0.29, 0.717) is 31.5 Å². The molecule has 1 amide bonds. The number of carboxylic acids is 1. The summed E-state index contributed by atoms with van der Waals surface area (Å²) in [7, 11) is 0. The average molecular weight is 327 g/mol. The van der Waals surface area contributed by atoms with Gasteiger partial charge in [-0.25, -0.2) is 4.79 Å². The van der Waals surface area contributed by atoms with Gasteiger partial charge in [-0.2, -0.15) is 0 Å². The van der Waals surface area contributed by atoms with E-state index in [0.717, 1.165) is 6.26 Å². The van der Waals surface area contributed by atoms with Crippen molar-refractivity contribution in [2.24, 2.45) is 5.92 Å². The van der Waals surface area contributed by atoms with Gasteiger partial charge >= 0.3 is 5.97 Å². The molecule has 2 aromatic rings. The maximum absolute atomic E-state index is 12.4. The van der Waals surface area contributed by atoms with Crippen LogP contribution in [-0.2, 0) is 0 Å². The molecule has 1 saturated heterocycles. The van der Waals surface area contributed by atoms with Gasteiger partial charge in [0.2, 0.25) is 0 Å². The van der Waals surface area contributed by atoms with Crippen LogP contribution >= 0.6 is 0 Å².